The quantitative estimate of drug-likeness (QED) is 0.722. The van der Waals surface area contributed by atoms with Gasteiger partial charge in [0.15, 0.2) is 0 Å². The number of nitrogens with zero attached hydrogens (tertiary/aromatic N) is 2. The second kappa shape index (κ2) is 9.19. The highest BCUT2D eigenvalue weighted by Crippen LogP contribution is 2.28. The standard InChI is InChI=1S/C24H30FN3O3S/c1-17-11-18(2)16-28(15-17)32(30,31)23-7-5-19(6-8-23)24(29)26-21-12-20(25)13-22(14-21)27-9-3-4-10-27/h5-8,12-14,17-18H,3-4,9-11,15-16H2,1-2H3,(H,26,29). The summed E-state index contributed by atoms with van der Waals surface area (Å²) in [5.74, 6) is -0.186. The third-order valence-corrected chi connectivity index (χ3v) is 8.05. The van der Waals surface area contributed by atoms with Gasteiger partial charge in [-0.3, -0.25) is 4.79 Å². The maximum Gasteiger partial charge on any atom is 0.255 e. The maximum absolute atomic E-state index is 14.1. The largest absolute Gasteiger partial charge is 0.371 e. The van der Waals surface area contributed by atoms with Crippen LogP contribution in [0.3, 0.4) is 0 Å². The molecule has 0 spiro atoms. The van der Waals surface area contributed by atoms with Crippen LogP contribution in [0.1, 0.15) is 43.5 Å². The van der Waals surface area contributed by atoms with Gasteiger partial charge in [0.1, 0.15) is 5.82 Å². The highest BCUT2D eigenvalue weighted by Gasteiger charge is 2.31. The average Bonchev–Trinajstić information content (AvgIpc) is 3.28. The minimum Gasteiger partial charge on any atom is -0.371 e. The van der Waals surface area contributed by atoms with Crippen molar-refractivity contribution in [1.82, 2.24) is 4.31 Å². The number of halogens is 1. The Labute approximate surface area is 189 Å². The number of piperidine rings is 1. The average molecular weight is 460 g/mol. The van der Waals surface area contributed by atoms with Gasteiger partial charge < -0.3 is 10.2 Å². The van der Waals surface area contributed by atoms with Crippen molar-refractivity contribution in [2.75, 3.05) is 36.4 Å². The Bertz CT molecular complexity index is 1070. The molecule has 0 aliphatic carbocycles. The Balaban J connectivity index is 1.48. The van der Waals surface area contributed by atoms with Crippen molar-refractivity contribution in [1.29, 1.82) is 0 Å². The van der Waals surface area contributed by atoms with E-state index in [0.29, 0.717) is 36.2 Å². The Morgan fingerprint density at radius 2 is 1.62 bits per heavy atom. The summed E-state index contributed by atoms with van der Waals surface area (Å²) in [6.45, 7) is 6.89. The smallest absolute Gasteiger partial charge is 0.255 e. The molecule has 2 atom stereocenters. The lowest BCUT2D eigenvalue weighted by Gasteiger charge is -2.34. The third-order valence-electron chi connectivity index (χ3n) is 6.20. The van der Waals surface area contributed by atoms with Gasteiger partial charge in [-0.1, -0.05) is 13.8 Å². The summed E-state index contributed by atoms with van der Waals surface area (Å²) < 4.78 is 41.7. The van der Waals surface area contributed by atoms with Crippen LogP contribution in [-0.2, 0) is 10.0 Å². The van der Waals surface area contributed by atoms with Crippen molar-refractivity contribution < 1.29 is 17.6 Å². The van der Waals surface area contributed by atoms with Crippen molar-refractivity contribution >= 4 is 27.3 Å². The van der Waals surface area contributed by atoms with E-state index in [-0.39, 0.29) is 4.90 Å². The molecule has 0 saturated carbocycles. The van der Waals surface area contributed by atoms with Crippen molar-refractivity contribution in [2.45, 2.75) is 38.0 Å². The van der Waals surface area contributed by atoms with E-state index in [0.717, 1.165) is 38.0 Å². The van der Waals surface area contributed by atoms with E-state index in [1.165, 1.54) is 40.7 Å². The van der Waals surface area contributed by atoms with Gasteiger partial charge in [-0.2, -0.15) is 4.31 Å². The molecule has 0 radical (unpaired) electrons. The molecule has 4 rings (SSSR count). The molecule has 2 aliphatic heterocycles. The number of rotatable bonds is 5. The lowest BCUT2D eigenvalue weighted by atomic mass is 9.94. The summed E-state index contributed by atoms with van der Waals surface area (Å²) >= 11 is 0. The third kappa shape index (κ3) is 4.96. The number of hydrogen-bond donors (Lipinski definition) is 1. The van der Waals surface area contributed by atoms with Crippen LogP contribution in [0.15, 0.2) is 47.4 Å². The molecule has 1 N–H and O–H groups in total. The lowest BCUT2D eigenvalue weighted by molar-refractivity contribution is 0.102. The zero-order valence-electron chi connectivity index (χ0n) is 18.6. The monoisotopic (exact) mass is 459 g/mol. The normalized spacial score (nSPS) is 22.2. The predicted octanol–water partition coefficient (Wildman–Crippen LogP) is 4.34. The van der Waals surface area contributed by atoms with Gasteiger partial charge in [0, 0.05) is 43.1 Å². The lowest BCUT2D eigenvalue weighted by Crippen LogP contribution is -2.42. The van der Waals surface area contributed by atoms with Gasteiger partial charge in [0.2, 0.25) is 10.0 Å². The number of amides is 1. The molecule has 0 aromatic heterocycles. The Morgan fingerprint density at radius 3 is 2.25 bits per heavy atom. The Kier molecular flexibility index (Phi) is 6.53. The van der Waals surface area contributed by atoms with Crippen molar-refractivity contribution in [2.24, 2.45) is 11.8 Å². The number of benzene rings is 2. The molecule has 1 amide bonds. The van der Waals surface area contributed by atoms with Crippen LogP contribution in [0.25, 0.3) is 0 Å². The van der Waals surface area contributed by atoms with Crippen LogP contribution in [0.5, 0.6) is 0 Å². The van der Waals surface area contributed by atoms with Crippen molar-refractivity contribution in [3.05, 3.63) is 53.8 Å². The number of carbonyl (C=O) groups is 1. The topological polar surface area (TPSA) is 69.7 Å². The molecule has 2 aliphatic rings. The van der Waals surface area contributed by atoms with Gasteiger partial charge in [-0.15, -0.1) is 0 Å². The van der Waals surface area contributed by atoms with E-state index in [1.54, 1.807) is 6.07 Å². The second-order valence-corrected chi connectivity index (χ2v) is 11.1. The molecule has 8 heteroatoms. The van der Waals surface area contributed by atoms with E-state index in [1.807, 2.05) is 0 Å². The van der Waals surface area contributed by atoms with Gasteiger partial charge in [0.25, 0.3) is 5.91 Å². The highest BCUT2D eigenvalue weighted by atomic mass is 32.2. The fourth-order valence-corrected chi connectivity index (χ4v) is 6.42. The molecule has 172 valence electrons. The van der Waals surface area contributed by atoms with Crippen LogP contribution in [-0.4, -0.2) is 44.8 Å². The van der Waals surface area contributed by atoms with Crippen molar-refractivity contribution in [3.8, 4) is 0 Å². The van der Waals surface area contributed by atoms with Crippen molar-refractivity contribution in [3.63, 3.8) is 0 Å². The van der Waals surface area contributed by atoms with Crippen LogP contribution in [0, 0.1) is 17.7 Å². The van der Waals surface area contributed by atoms with Gasteiger partial charge >= 0.3 is 0 Å². The molecular formula is C24H30FN3O3S. The number of nitrogens with one attached hydrogen (secondary N) is 1. The van der Waals surface area contributed by atoms with E-state index >= 15 is 0 Å². The molecule has 2 heterocycles. The first-order chi connectivity index (χ1) is 15.2. The maximum atomic E-state index is 14.1. The summed E-state index contributed by atoms with van der Waals surface area (Å²) in [5.41, 5.74) is 1.45. The molecule has 0 bridgehead atoms. The first-order valence-electron chi connectivity index (χ1n) is 11.2. The van der Waals surface area contributed by atoms with Crippen LogP contribution >= 0.6 is 0 Å². The van der Waals surface area contributed by atoms with Crippen LogP contribution < -0.4 is 10.2 Å². The Morgan fingerprint density at radius 1 is 1.00 bits per heavy atom. The van der Waals surface area contributed by atoms with E-state index in [4.69, 9.17) is 0 Å². The molecule has 2 fully saturated rings. The first kappa shape index (κ1) is 22.7. The second-order valence-electron chi connectivity index (χ2n) is 9.14. The molecule has 2 saturated heterocycles. The zero-order valence-corrected chi connectivity index (χ0v) is 19.4. The minimum atomic E-state index is -3.60. The first-order valence-corrected chi connectivity index (χ1v) is 12.6. The predicted molar refractivity (Wildman–Crippen MR) is 124 cm³/mol. The molecule has 32 heavy (non-hydrogen) atoms. The van der Waals surface area contributed by atoms with Crippen LogP contribution in [0.4, 0.5) is 15.8 Å². The highest BCUT2D eigenvalue weighted by molar-refractivity contribution is 7.89. The summed E-state index contributed by atoms with van der Waals surface area (Å²) in [4.78, 5) is 15.0. The van der Waals surface area contributed by atoms with Gasteiger partial charge in [-0.05, 0) is 73.6 Å². The summed E-state index contributed by atoms with van der Waals surface area (Å²) in [5, 5.41) is 2.73. The molecular weight excluding hydrogens is 429 g/mol. The number of anilines is 2. The molecule has 2 aromatic rings. The molecule has 2 aromatic carbocycles. The van der Waals surface area contributed by atoms with E-state index < -0.39 is 21.7 Å². The molecule has 2 unspecified atom stereocenters. The number of sulfonamides is 1. The fourth-order valence-electron chi connectivity index (χ4n) is 4.74. The van der Waals surface area contributed by atoms with E-state index in [2.05, 4.69) is 24.1 Å². The van der Waals surface area contributed by atoms with Gasteiger partial charge in [-0.25, -0.2) is 12.8 Å². The van der Waals surface area contributed by atoms with Gasteiger partial charge in [0.05, 0.1) is 4.90 Å². The van der Waals surface area contributed by atoms with Crippen LogP contribution in [0.2, 0.25) is 0 Å². The summed E-state index contributed by atoms with van der Waals surface area (Å²) in [6.07, 6.45) is 3.16. The Hall–Kier alpha value is -2.45. The van der Waals surface area contributed by atoms with E-state index in [9.17, 15) is 17.6 Å². The zero-order chi connectivity index (χ0) is 22.9. The number of carbonyl (C=O) groups excluding carboxylic acids is 1. The molecule has 6 nitrogen and oxygen atoms in total. The minimum absolute atomic E-state index is 0.178. The number of hydrogen-bond acceptors (Lipinski definition) is 4. The summed E-state index contributed by atoms with van der Waals surface area (Å²) in [6, 6.07) is 10.5. The SMILES string of the molecule is CC1CC(C)CN(S(=O)(=O)c2ccc(C(=O)Nc3cc(F)cc(N4CCCC4)c3)cc2)C1. The summed E-state index contributed by atoms with van der Waals surface area (Å²) in [7, 11) is -3.60. The fraction of sp³-hybridized carbons (Fsp3) is 0.458.